The Morgan fingerprint density at radius 3 is 2.67 bits per heavy atom. The Bertz CT molecular complexity index is 1220. The first-order valence-corrected chi connectivity index (χ1v) is 13.2. The molecule has 8 nitrogen and oxygen atoms in total. The van der Waals surface area contributed by atoms with Crippen LogP contribution in [0, 0.1) is 5.92 Å². The van der Waals surface area contributed by atoms with Crippen molar-refractivity contribution >= 4 is 22.8 Å². The highest BCUT2D eigenvalue weighted by molar-refractivity contribution is 5.90. The molecule has 1 saturated heterocycles. The maximum absolute atomic E-state index is 14.0. The van der Waals surface area contributed by atoms with Gasteiger partial charge in [-0.1, -0.05) is 31.4 Å². The second kappa shape index (κ2) is 10.8. The molecule has 2 amide bonds. The molecule has 0 bridgehead atoms. The van der Waals surface area contributed by atoms with Crippen LogP contribution in [0.2, 0.25) is 0 Å². The van der Waals surface area contributed by atoms with Crippen molar-refractivity contribution in [3.05, 3.63) is 54.6 Å². The number of pyridine rings is 1. The quantitative estimate of drug-likeness (QED) is 0.528. The van der Waals surface area contributed by atoms with Gasteiger partial charge < -0.3 is 15.5 Å². The van der Waals surface area contributed by atoms with Gasteiger partial charge in [0.05, 0.1) is 35.0 Å². The third kappa shape index (κ3) is 4.87. The average Bonchev–Trinajstić information content (AvgIpc) is 3.59. The average molecular weight is 489 g/mol. The number of nitrogens with one attached hydrogen (secondary N) is 2. The second-order valence-corrected chi connectivity index (χ2v) is 10.2. The van der Waals surface area contributed by atoms with Crippen molar-refractivity contribution < 1.29 is 9.59 Å². The van der Waals surface area contributed by atoms with Gasteiger partial charge in [0, 0.05) is 12.7 Å². The number of hydrogen-bond acceptors (Lipinski definition) is 5. The molecule has 1 aromatic carbocycles. The van der Waals surface area contributed by atoms with Gasteiger partial charge in [0.25, 0.3) is 0 Å². The minimum Gasteiger partial charge on any atom is -0.343 e. The van der Waals surface area contributed by atoms with Crippen LogP contribution in [-0.2, 0) is 9.59 Å². The number of likely N-dealkylation sites (N-methyl/N-ethyl adjacent to an activating group) is 1. The van der Waals surface area contributed by atoms with Crippen molar-refractivity contribution in [2.24, 2.45) is 5.92 Å². The summed E-state index contributed by atoms with van der Waals surface area (Å²) in [5.74, 6) is 0.106. The van der Waals surface area contributed by atoms with E-state index in [0.29, 0.717) is 6.54 Å². The normalized spacial score (nSPS) is 20.4. The SMILES string of the molecule is CNC(C)C(=O)N[C@H](C(=O)N1CCCC1c1cncc(-n2cnc3ccccc32)c1)C1CCCCC1. The molecule has 36 heavy (non-hydrogen) atoms. The fraction of sp³-hybridized carbons (Fsp3) is 0.500. The number of para-hydroxylation sites is 2. The van der Waals surface area contributed by atoms with Crippen LogP contribution in [0.15, 0.2) is 49.1 Å². The van der Waals surface area contributed by atoms with Crippen LogP contribution < -0.4 is 10.6 Å². The number of carbonyl (C=O) groups excluding carboxylic acids is 2. The lowest BCUT2D eigenvalue weighted by molar-refractivity contribution is -0.139. The zero-order chi connectivity index (χ0) is 25.1. The number of nitrogens with zero attached hydrogens (tertiary/aromatic N) is 4. The minimum atomic E-state index is -0.483. The van der Waals surface area contributed by atoms with E-state index in [1.165, 1.54) is 6.42 Å². The fourth-order valence-electron chi connectivity index (χ4n) is 5.74. The molecule has 3 heterocycles. The minimum absolute atomic E-state index is 0.0412. The molecule has 1 aliphatic carbocycles. The Hall–Kier alpha value is -3.26. The maximum Gasteiger partial charge on any atom is 0.245 e. The van der Waals surface area contributed by atoms with Gasteiger partial charge in [-0.2, -0.15) is 0 Å². The van der Waals surface area contributed by atoms with Gasteiger partial charge in [-0.25, -0.2) is 4.98 Å². The molecule has 0 radical (unpaired) electrons. The summed E-state index contributed by atoms with van der Waals surface area (Å²) in [6.07, 6.45) is 12.7. The molecule has 5 rings (SSSR count). The Balaban J connectivity index is 1.41. The largest absolute Gasteiger partial charge is 0.343 e. The molecule has 3 atom stereocenters. The Labute approximate surface area is 212 Å². The highest BCUT2D eigenvalue weighted by Gasteiger charge is 2.39. The van der Waals surface area contributed by atoms with E-state index in [1.807, 2.05) is 59.4 Å². The molecule has 2 unspecified atom stereocenters. The highest BCUT2D eigenvalue weighted by Crippen LogP contribution is 2.35. The summed E-state index contributed by atoms with van der Waals surface area (Å²) in [4.78, 5) is 37.9. The smallest absolute Gasteiger partial charge is 0.245 e. The molecule has 2 aliphatic rings. The molecular weight excluding hydrogens is 452 g/mol. The summed E-state index contributed by atoms with van der Waals surface area (Å²) in [7, 11) is 1.77. The van der Waals surface area contributed by atoms with Crippen molar-refractivity contribution in [1.82, 2.24) is 30.1 Å². The Morgan fingerprint density at radius 1 is 1.06 bits per heavy atom. The first-order valence-electron chi connectivity index (χ1n) is 13.2. The number of amides is 2. The molecular formula is C28H36N6O2. The van der Waals surface area contributed by atoms with Gasteiger partial charge in [-0.05, 0) is 69.3 Å². The van der Waals surface area contributed by atoms with Gasteiger partial charge in [-0.3, -0.25) is 19.1 Å². The van der Waals surface area contributed by atoms with Crippen LogP contribution in [0.4, 0.5) is 0 Å². The van der Waals surface area contributed by atoms with E-state index in [-0.39, 0.29) is 29.8 Å². The van der Waals surface area contributed by atoms with E-state index >= 15 is 0 Å². The number of rotatable bonds is 7. The summed E-state index contributed by atoms with van der Waals surface area (Å²) in [5, 5.41) is 6.11. The Kier molecular flexibility index (Phi) is 7.32. The van der Waals surface area contributed by atoms with E-state index in [9.17, 15) is 9.59 Å². The third-order valence-corrected chi connectivity index (χ3v) is 7.91. The van der Waals surface area contributed by atoms with Gasteiger partial charge in [-0.15, -0.1) is 0 Å². The fourth-order valence-corrected chi connectivity index (χ4v) is 5.74. The van der Waals surface area contributed by atoms with E-state index in [2.05, 4.69) is 26.7 Å². The first kappa shape index (κ1) is 24.4. The van der Waals surface area contributed by atoms with Crippen LogP contribution in [0.25, 0.3) is 16.7 Å². The van der Waals surface area contributed by atoms with Crippen molar-refractivity contribution in [3.63, 3.8) is 0 Å². The molecule has 1 saturated carbocycles. The van der Waals surface area contributed by atoms with Gasteiger partial charge in [0.15, 0.2) is 0 Å². The van der Waals surface area contributed by atoms with Crippen molar-refractivity contribution in [2.75, 3.05) is 13.6 Å². The van der Waals surface area contributed by atoms with Crippen LogP contribution in [0.5, 0.6) is 0 Å². The van der Waals surface area contributed by atoms with Gasteiger partial charge in [0.1, 0.15) is 12.4 Å². The predicted octanol–water partition coefficient (Wildman–Crippen LogP) is 3.76. The van der Waals surface area contributed by atoms with Crippen molar-refractivity contribution in [2.45, 2.75) is 70.0 Å². The highest BCUT2D eigenvalue weighted by atomic mass is 16.2. The summed E-state index contributed by atoms with van der Waals surface area (Å²) in [5.41, 5.74) is 3.91. The van der Waals surface area contributed by atoms with Crippen LogP contribution in [0.1, 0.15) is 63.5 Å². The lowest BCUT2D eigenvalue weighted by Crippen LogP contribution is -2.55. The molecule has 2 N–H and O–H groups in total. The van der Waals surface area contributed by atoms with Gasteiger partial charge >= 0.3 is 0 Å². The van der Waals surface area contributed by atoms with E-state index < -0.39 is 6.04 Å². The second-order valence-electron chi connectivity index (χ2n) is 10.2. The lowest BCUT2D eigenvalue weighted by atomic mass is 9.83. The van der Waals surface area contributed by atoms with Crippen LogP contribution in [0.3, 0.4) is 0 Å². The summed E-state index contributed by atoms with van der Waals surface area (Å²) in [6.45, 7) is 2.52. The number of fused-ring (bicyclic) bond motifs is 1. The summed E-state index contributed by atoms with van der Waals surface area (Å²) >= 11 is 0. The number of likely N-dealkylation sites (tertiary alicyclic amines) is 1. The third-order valence-electron chi connectivity index (χ3n) is 7.91. The molecule has 2 aromatic heterocycles. The van der Waals surface area contributed by atoms with E-state index in [0.717, 1.165) is 60.8 Å². The lowest BCUT2D eigenvalue weighted by Gasteiger charge is -2.35. The molecule has 8 heteroatoms. The van der Waals surface area contributed by atoms with Crippen LogP contribution in [-0.4, -0.2) is 56.9 Å². The Morgan fingerprint density at radius 2 is 1.86 bits per heavy atom. The summed E-state index contributed by atoms with van der Waals surface area (Å²) < 4.78 is 2.04. The molecule has 3 aromatic rings. The number of carbonyl (C=O) groups is 2. The maximum atomic E-state index is 14.0. The molecule has 0 spiro atoms. The molecule has 1 aliphatic heterocycles. The molecule has 190 valence electrons. The number of hydrogen-bond donors (Lipinski definition) is 2. The van der Waals surface area contributed by atoms with Crippen molar-refractivity contribution in [3.8, 4) is 5.69 Å². The standard InChI is InChI=1S/C28H36N6O2/c1-19(29-2)27(35)32-26(20-9-4-3-5-10-20)28(36)33-14-8-13-24(33)21-15-22(17-30-16-21)34-18-31-23-11-6-7-12-25(23)34/h6-7,11-12,15-20,24,26,29H,3-5,8-10,13-14H2,1-2H3,(H,32,35)/t19?,24?,26-/m0/s1. The van der Waals surface area contributed by atoms with Crippen LogP contribution >= 0.6 is 0 Å². The number of benzene rings is 1. The van der Waals surface area contributed by atoms with Gasteiger partial charge in [0.2, 0.25) is 11.8 Å². The van der Waals surface area contributed by atoms with Crippen molar-refractivity contribution in [1.29, 1.82) is 0 Å². The topological polar surface area (TPSA) is 92.2 Å². The zero-order valence-corrected chi connectivity index (χ0v) is 21.2. The monoisotopic (exact) mass is 488 g/mol. The number of aromatic nitrogens is 3. The number of imidazole rings is 1. The summed E-state index contributed by atoms with van der Waals surface area (Å²) in [6, 6.07) is 9.27. The van der Waals surface area contributed by atoms with E-state index in [4.69, 9.17) is 0 Å². The zero-order valence-electron chi connectivity index (χ0n) is 21.2. The van der Waals surface area contributed by atoms with E-state index in [1.54, 1.807) is 7.05 Å². The first-order chi connectivity index (χ1) is 17.6. The molecule has 2 fully saturated rings. The predicted molar refractivity (Wildman–Crippen MR) is 140 cm³/mol.